The van der Waals surface area contributed by atoms with E-state index in [2.05, 4.69) is 4.74 Å². The maximum Gasteiger partial charge on any atom is 0.344 e. The number of carbonyl (C=O) groups is 3. The number of thioether (sulfide) groups is 1. The highest BCUT2D eigenvalue weighted by Gasteiger charge is 2.27. The molecule has 0 saturated carbocycles. The smallest absolute Gasteiger partial charge is 0.344 e. The third-order valence-corrected chi connectivity index (χ3v) is 5.72. The van der Waals surface area contributed by atoms with Crippen molar-refractivity contribution >= 4 is 29.6 Å². The van der Waals surface area contributed by atoms with Gasteiger partial charge in [0, 0.05) is 13.0 Å². The Kier molecular flexibility index (Phi) is 8.74. The summed E-state index contributed by atoms with van der Waals surface area (Å²) in [5.74, 6) is -0.158. The fourth-order valence-corrected chi connectivity index (χ4v) is 4.08. The molecule has 0 bridgehead atoms. The third kappa shape index (κ3) is 6.88. The summed E-state index contributed by atoms with van der Waals surface area (Å²) in [6.07, 6.45) is 2.44. The molecule has 8 heteroatoms. The van der Waals surface area contributed by atoms with Crippen LogP contribution >= 0.6 is 11.8 Å². The van der Waals surface area contributed by atoms with Gasteiger partial charge < -0.3 is 19.1 Å². The van der Waals surface area contributed by atoms with Gasteiger partial charge >= 0.3 is 11.9 Å². The van der Waals surface area contributed by atoms with Gasteiger partial charge in [0.15, 0.2) is 6.61 Å². The number of carbonyl (C=O) groups excluding carboxylic acids is 3. The minimum absolute atomic E-state index is 0.0881. The monoisotopic (exact) mass is 455 g/mol. The average Bonchev–Trinajstić information content (AvgIpc) is 3.15. The lowest BCUT2D eigenvalue weighted by atomic mass is 10.0. The van der Waals surface area contributed by atoms with Crippen LogP contribution in [0.4, 0.5) is 0 Å². The lowest BCUT2D eigenvalue weighted by Crippen LogP contribution is -2.27. The van der Waals surface area contributed by atoms with E-state index in [-0.39, 0.29) is 24.9 Å². The second-order valence-corrected chi connectivity index (χ2v) is 7.97. The molecule has 0 radical (unpaired) electrons. The second kappa shape index (κ2) is 12.0. The number of nitrogens with zero attached hydrogens (tertiary/aromatic N) is 1. The molecule has 1 aliphatic heterocycles. The predicted molar refractivity (Wildman–Crippen MR) is 121 cm³/mol. The summed E-state index contributed by atoms with van der Waals surface area (Å²) in [6.45, 7) is 0.300. The Bertz CT molecular complexity index is 975. The minimum atomic E-state index is -0.511. The zero-order valence-corrected chi connectivity index (χ0v) is 18.6. The van der Waals surface area contributed by atoms with E-state index in [0.29, 0.717) is 30.2 Å². The van der Waals surface area contributed by atoms with Gasteiger partial charge in [-0.15, -0.1) is 0 Å². The Labute approximate surface area is 191 Å². The van der Waals surface area contributed by atoms with Crippen molar-refractivity contribution in [2.45, 2.75) is 12.8 Å². The van der Waals surface area contributed by atoms with Gasteiger partial charge in [-0.25, -0.2) is 9.59 Å². The van der Waals surface area contributed by atoms with Crippen LogP contribution in [-0.2, 0) is 30.3 Å². The van der Waals surface area contributed by atoms with Crippen LogP contribution in [0, 0.1) is 0 Å². The molecule has 0 N–H and O–H groups in total. The molecule has 0 atom stereocenters. The molecule has 168 valence electrons. The van der Waals surface area contributed by atoms with E-state index in [1.165, 1.54) is 29.8 Å². The fourth-order valence-electron chi connectivity index (χ4n) is 3.12. The highest BCUT2D eigenvalue weighted by atomic mass is 32.2. The summed E-state index contributed by atoms with van der Waals surface area (Å²) in [4.78, 5) is 37.0. The second-order valence-electron chi connectivity index (χ2n) is 6.97. The molecule has 7 nitrogen and oxygen atoms in total. The van der Waals surface area contributed by atoms with Crippen molar-refractivity contribution in [3.05, 3.63) is 76.8 Å². The summed E-state index contributed by atoms with van der Waals surface area (Å²) in [6, 6.07) is 17.6. The first-order valence-corrected chi connectivity index (χ1v) is 11.2. The molecule has 1 amide bonds. The number of ether oxygens (including phenoxy) is 3. The maximum atomic E-state index is 12.1. The molecule has 1 saturated heterocycles. The van der Waals surface area contributed by atoms with E-state index >= 15 is 0 Å². The fraction of sp³-hybridized carbons (Fsp3) is 0.292. The Balaban J connectivity index is 1.43. The molecule has 0 aliphatic carbocycles. The van der Waals surface area contributed by atoms with Gasteiger partial charge in [-0.1, -0.05) is 60.3 Å². The number of amides is 1. The molecule has 0 unspecified atom stereocenters. The van der Waals surface area contributed by atoms with E-state index < -0.39 is 11.9 Å². The van der Waals surface area contributed by atoms with Gasteiger partial charge in [-0.05, 0) is 23.6 Å². The third-order valence-electron chi connectivity index (χ3n) is 4.70. The first-order valence-electron chi connectivity index (χ1n) is 10.2. The van der Waals surface area contributed by atoms with Crippen LogP contribution < -0.4 is 4.74 Å². The Morgan fingerprint density at radius 1 is 1.09 bits per heavy atom. The molecule has 2 aromatic carbocycles. The molecule has 0 spiro atoms. The number of esters is 2. The van der Waals surface area contributed by atoms with Gasteiger partial charge in [-0.2, -0.15) is 0 Å². The number of para-hydroxylation sites is 1. The zero-order chi connectivity index (χ0) is 22.8. The van der Waals surface area contributed by atoms with Crippen molar-refractivity contribution in [2.75, 3.05) is 32.6 Å². The number of hydrogen-bond acceptors (Lipinski definition) is 7. The van der Waals surface area contributed by atoms with Crippen LogP contribution in [0.25, 0.3) is 0 Å². The largest absolute Gasteiger partial charge is 0.482 e. The van der Waals surface area contributed by atoms with Crippen molar-refractivity contribution in [3.63, 3.8) is 0 Å². The Hall–Kier alpha value is -3.26. The van der Waals surface area contributed by atoms with Crippen molar-refractivity contribution in [1.29, 1.82) is 0 Å². The van der Waals surface area contributed by atoms with E-state index in [4.69, 9.17) is 9.47 Å². The van der Waals surface area contributed by atoms with Gasteiger partial charge in [0.1, 0.15) is 5.75 Å². The topological polar surface area (TPSA) is 82.1 Å². The van der Waals surface area contributed by atoms with Crippen LogP contribution in [0.5, 0.6) is 5.75 Å². The van der Waals surface area contributed by atoms with Gasteiger partial charge in [0.05, 0.1) is 30.6 Å². The van der Waals surface area contributed by atoms with Crippen molar-refractivity contribution in [3.8, 4) is 5.75 Å². The maximum absolute atomic E-state index is 12.1. The lowest BCUT2D eigenvalue weighted by molar-refractivity contribution is -0.146. The van der Waals surface area contributed by atoms with Gasteiger partial charge in [-0.3, -0.25) is 4.79 Å². The first-order chi connectivity index (χ1) is 15.6. The minimum Gasteiger partial charge on any atom is -0.482 e. The normalized spacial score (nSPS) is 14.5. The summed E-state index contributed by atoms with van der Waals surface area (Å²) in [7, 11) is 1.28. The van der Waals surface area contributed by atoms with Gasteiger partial charge in [0.2, 0.25) is 5.91 Å². The average molecular weight is 456 g/mol. The Morgan fingerprint density at radius 3 is 2.62 bits per heavy atom. The van der Waals surface area contributed by atoms with E-state index in [9.17, 15) is 14.4 Å². The van der Waals surface area contributed by atoms with Crippen molar-refractivity contribution < 1.29 is 28.6 Å². The van der Waals surface area contributed by atoms with Crippen LogP contribution in [-0.4, -0.2) is 55.4 Å². The molecule has 0 aromatic heterocycles. The van der Waals surface area contributed by atoms with E-state index in [1.807, 2.05) is 54.6 Å². The zero-order valence-electron chi connectivity index (χ0n) is 17.8. The van der Waals surface area contributed by atoms with Crippen LogP contribution in [0.2, 0.25) is 0 Å². The summed E-state index contributed by atoms with van der Waals surface area (Å²) in [5, 5.41) is 0.548. The highest BCUT2D eigenvalue weighted by Crippen LogP contribution is 2.28. The molecule has 3 rings (SSSR count). The first kappa shape index (κ1) is 23.4. The summed E-state index contributed by atoms with van der Waals surface area (Å²) < 4.78 is 15.5. The number of methoxy groups -OCH3 is 1. The van der Waals surface area contributed by atoms with Crippen molar-refractivity contribution in [2.24, 2.45) is 0 Å². The van der Waals surface area contributed by atoms with Gasteiger partial charge in [0.25, 0.3) is 0 Å². The van der Waals surface area contributed by atoms with E-state index in [1.54, 1.807) is 0 Å². The highest BCUT2D eigenvalue weighted by molar-refractivity contribution is 8.04. The quantitative estimate of drug-likeness (QED) is 0.309. The predicted octanol–water partition coefficient (Wildman–Crippen LogP) is 3.18. The standard InChI is InChI=1S/C24H25NO6S/c1-29-23(27)15-22-25(21(26)17-32-22)12-7-13-30-24(28)16-31-20-11-6-5-10-19(20)14-18-8-3-2-4-9-18/h2-6,8-11,15H,7,12-14,16-17H2,1H3/b22-15+. The molecular weight excluding hydrogens is 430 g/mol. The molecule has 32 heavy (non-hydrogen) atoms. The van der Waals surface area contributed by atoms with Crippen LogP contribution in [0.3, 0.4) is 0 Å². The summed E-state index contributed by atoms with van der Waals surface area (Å²) >= 11 is 1.28. The summed E-state index contributed by atoms with van der Waals surface area (Å²) in [5.41, 5.74) is 2.14. The molecule has 2 aromatic rings. The van der Waals surface area contributed by atoms with Crippen molar-refractivity contribution in [1.82, 2.24) is 4.90 Å². The number of rotatable bonds is 10. The SMILES string of the molecule is COC(=O)/C=C1/SCC(=O)N1CCCOC(=O)COc1ccccc1Cc1ccccc1. The lowest BCUT2D eigenvalue weighted by Gasteiger charge is -2.16. The van der Waals surface area contributed by atoms with Crippen LogP contribution in [0.1, 0.15) is 17.5 Å². The molecule has 1 heterocycles. The van der Waals surface area contributed by atoms with Crippen LogP contribution in [0.15, 0.2) is 65.7 Å². The van der Waals surface area contributed by atoms with E-state index in [0.717, 1.165) is 11.1 Å². The number of hydrogen-bond donors (Lipinski definition) is 0. The number of benzene rings is 2. The molecular formula is C24H25NO6S. The molecule has 1 fully saturated rings. The Morgan fingerprint density at radius 2 is 1.84 bits per heavy atom. The molecule has 1 aliphatic rings.